The molecule has 0 N–H and O–H groups in total. The summed E-state index contributed by atoms with van der Waals surface area (Å²) < 4.78 is 30.8. The normalized spacial score (nSPS) is 11.8. The van der Waals surface area contributed by atoms with E-state index in [-0.39, 0.29) is 12.4 Å². The van der Waals surface area contributed by atoms with E-state index >= 15 is 0 Å². The predicted molar refractivity (Wildman–Crippen MR) is 41.9 cm³/mol. The highest BCUT2D eigenvalue weighted by molar-refractivity contribution is 7.86. The van der Waals surface area contributed by atoms with Crippen molar-refractivity contribution in [3.8, 4) is 0 Å². The van der Waals surface area contributed by atoms with E-state index in [2.05, 4.69) is 8.92 Å². The van der Waals surface area contributed by atoms with Crippen molar-refractivity contribution in [2.75, 3.05) is 26.1 Å². The lowest BCUT2D eigenvalue weighted by Gasteiger charge is -2.02. The molecular formula is C6H14O4S. The van der Waals surface area contributed by atoms with Gasteiger partial charge in [-0.05, 0) is 6.42 Å². The molecule has 0 aromatic carbocycles. The van der Waals surface area contributed by atoms with E-state index in [0.717, 1.165) is 0 Å². The highest BCUT2D eigenvalue weighted by atomic mass is 32.2. The van der Waals surface area contributed by atoms with Gasteiger partial charge in [0.2, 0.25) is 0 Å². The largest absolute Gasteiger partial charge is 0.382 e. The van der Waals surface area contributed by atoms with E-state index < -0.39 is 10.1 Å². The Bertz CT molecular complexity index is 173. The first-order valence-electron chi connectivity index (χ1n) is 3.48. The van der Waals surface area contributed by atoms with Gasteiger partial charge in [-0.2, -0.15) is 8.42 Å². The van der Waals surface area contributed by atoms with Crippen LogP contribution < -0.4 is 0 Å². The fraction of sp³-hybridized carbons (Fsp3) is 1.00. The molecule has 0 unspecified atom stereocenters. The highest BCUT2D eigenvalue weighted by Crippen LogP contribution is 1.94. The summed E-state index contributed by atoms with van der Waals surface area (Å²) in [5, 5.41) is 0. The average molecular weight is 182 g/mol. The number of methoxy groups -OCH3 is 1. The van der Waals surface area contributed by atoms with Gasteiger partial charge in [0, 0.05) is 7.11 Å². The van der Waals surface area contributed by atoms with Crippen molar-refractivity contribution in [3.63, 3.8) is 0 Å². The monoisotopic (exact) mass is 182 g/mol. The lowest BCUT2D eigenvalue weighted by molar-refractivity contribution is 0.149. The van der Waals surface area contributed by atoms with E-state index in [1.807, 2.05) is 0 Å². The quantitative estimate of drug-likeness (QED) is 0.440. The van der Waals surface area contributed by atoms with Crippen LogP contribution in [0.4, 0.5) is 0 Å². The zero-order valence-electron chi connectivity index (χ0n) is 6.87. The maximum absolute atomic E-state index is 10.8. The SMILES string of the molecule is CCCS(=O)(=O)OCCOC. The molecule has 0 fully saturated rings. The molecule has 0 aliphatic rings. The molecule has 11 heavy (non-hydrogen) atoms. The second-order valence-electron chi connectivity index (χ2n) is 2.08. The van der Waals surface area contributed by atoms with Gasteiger partial charge < -0.3 is 4.74 Å². The van der Waals surface area contributed by atoms with E-state index in [0.29, 0.717) is 13.0 Å². The summed E-state index contributed by atoms with van der Waals surface area (Å²) in [6, 6.07) is 0. The number of ether oxygens (including phenoxy) is 1. The topological polar surface area (TPSA) is 52.6 Å². The van der Waals surface area contributed by atoms with Gasteiger partial charge in [-0.3, -0.25) is 4.18 Å². The molecule has 68 valence electrons. The minimum absolute atomic E-state index is 0.0801. The molecule has 0 saturated heterocycles. The molecule has 0 aliphatic heterocycles. The summed E-state index contributed by atoms with van der Waals surface area (Å²) in [5.74, 6) is 0.0801. The van der Waals surface area contributed by atoms with Gasteiger partial charge in [0.25, 0.3) is 10.1 Å². The molecule has 4 nitrogen and oxygen atoms in total. The van der Waals surface area contributed by atoms with Gasteiger partial charge in [-0.15, -0.1) is 0 Å². The first-order chi connectivity index (χ1) is 5.12. The second-order valence-corrected chi connectivity index (χ2v) is 3.84. The highest BCUT2D eigenvalue weighted by Gasteiger charge is 2.07. The predicted octanol–water partition coefficient (Wildman–Crippen LogP) is 0.389. The number of hydrogen-bond donors (Lipinski definition) is 0. The zero-order valence-corrected chi connectivity index (χ0v) is 7.69. The summed E-state index contributed by atoms with van der Waals surface area (Å²) in [6.45, 7) is 2.21. The van der Waals surface area contributed by atoms with Crippen molar-refractivity contribution >= 4 is 10.1 Å². The van der Waals surface area contributed by atoms with Crippen molar-refractivity contribution in [1.82, 2.24) is 0 Å². The molecule has 0 amide bonds. The zero-order chi connectivity index (χ0) is 8.74. The van der Waals surface area contributed by atoms with Crippen molar-refractivity contribution in [1.29, 1.82) is 0 Å². The van der Waals surface area contributed by atoms with Gasteiger partial charge in [0.15, 0.2) is 0 Å². The van der Waals surface area contributed by atoms with Crippen LogP contribution in [-0.2, 0) is 19.0 Å². The van der Waals surface area contributed by atoms with Crippen LogP contribution in [0.1, 0.15) is 13.3 Å². The molecule has 0 heterocycles. The maximum Gasteiger partial charge on any atom is 0.267 e. The third-order valence-electron chi connectivity index (χ3n) is 1.00. The lowest BCUT2D eigenvalue weighted by atomic mass is 10.6. The van der Waals surface area contributed by atoms with Crippen LogP contribution in [0, 0.1) is 0 Å². The fourth-order valence-electron chi connectivity index (χ4n) is 0.553. The third kappa shape index (κ3) is 6.28. The minimum Gasteiger partial charge on any atom is -0.382 e. The van der Waals surface area contributed by atoms with Gasteiger partial charge in [0.05, 0.1) is 19.0 Å². The Morgan fingerprint density at radius 3 is 2.36 bits per heavy atom. The summed E-state index contributed by atoms with van der Waals surface area (Å²) in [6.07, 6.45) is 0.579. The fourth-order valence-corrected chi connectivity index (χ4v) is 1.49. The summed E-state index contributed by atoms with van der Waals surface area (Å²) in [5.41, 5.74) is 0. The second kappa shape index (κ2) is 5.51. The lowest BCUT2D eigenvalue weighted by Crippen LogP contribution is -2.13. The Kier molecular flexibility index (Phi) is 5.45. The molecule has 0 atom stereocenters. The third-order valence-corrected chi connectivity index (χ3v) is 2.44. The first kappa shape index (κ1) is 10.9. The van der Waals surface area contributed by atoms with E-state index in [4.69, 9.17) is 0 Å². The Balaban J connectivity index is 3.56. The molecule has 0 rings (SSSR count). The Morgan fingerprint density at radius 2 is 1.91 bits per heavy atom. The average Bonchev–Trinajstić information content (AvgIpc) is 1.87. The van der Waals surface area contributed by atoms with Gasteiger partial charge in [-0.1, -0.05) is 6.92 Å². The molecule has 0 aromatic rings. The summed E-state index contributed by atoms with van der Waals surface area (Å²) >= 11 is 0. The van der Waals surface area contributed by atoms with E-state index in [9.17, 15) is 8.42 Å². The van der Waals surface area contributed by atoms with Crippen molar-refractivity contribution in [2.24, 2.45) is 0 Å². The Hall–Kier alpha value is -0.130. The molecule has 5 heteroatoms. The smallest absolute Gasteiger partial charge is 0.267 e. The van der Waals surface area contributed by atoms with Crippen LogP contribution in [0.25, 0.3) is 0 Å². The van der Waals surface area contributed by atoms with Crippen LogP contribution in [0.2, 0.25) is 0 Å². The Morgan fingerprint density at radius 1 is 1.27 bits per heavy atom. The van der Waals surface area contributed by atoms with Crippen LogP contribution in [0.15, 0.2) is 0 Å². The van der Waals surface area contributed by atoms with Gasteiger partial charge in [-0.25, -0.2) is 0 Å². The minimum atomic E-state index is -3.28. The molecular weight excluding hydrogens is 168 g/mol. The molecule has 0 saturated carbocycles. The first-order valence-corrected chi connectivity index (χ1v) is 5.06. The standard InChI is InChI=1S/C6H14O4S/c1-3-6-11(7,8)10-5-4-9-2/h3-6H2,1-2H3. The number of rotatable bonds is 6. The van der Waals surface area contributed by atoms with Crippen LogP contribution in [0.3, 0.4) is 0 Å². The van der Waals surface area contributed by atoms with E-state index in [1.165, 1.54) is 7.11 Å². The molecule has 0 aliphatic carbocycles. The Labute approximate surface area is 67.6 Å². The summed E-state index contributed by atoms with van der Waals surface area (Å²) in [4.78, 5) is 0. The molecule has 0 aromatic heterocycles. The van der Waals surface area contributed by atoms with Gasteiger partial charge in [0.1, 0.15) is 0 Å². The van der Waals surface area contributed by atoms with Crippen LogP contribution in [-0.4, -0.2) is 34.5 Å². The summed E-state index contributed by atoms with van der Waals surface area (Å²) in [7, 11) is -1.79. The van der Waals surface area contributed by atoms with Crippen molar-refractivity contribution < 1.29 is 17.3 Å². The van der Waals surface area contributed by atoms with E-state index in [1.54, 1.807) is 6.92 Å². The molecule has 0 spiro atoms. The molecule has 0 bridgehead atoms. The maximum atomic E-state index is 10.8. The van der Waals surface area contributed by atoms with Crippen molar-refractivity contribution in [2.45, 2.75) is 13.3 Å². The van der Waals surface area contributed by atoms with Crippen molar-refractivity contribution in [3.05, 3.63) is 0 Å². The van der Waals surface area contributed by atoms with Crippen LogP contribution in [0.5, 0.6) is 0 Å². The number of hydrogen-bond acceptors (Lipinski definition) is 4. The van der Waals surface area contributed by atoms with Crippen LogP contribution >= 0.6 is 0 Å². The van der Waals surface area contributed by atoms with Gasteiger partial charge >= 0.3 is 0 Å². The molecule has 0 radical (unpaired) electrons.